The van der Waals surface area contributed by atoms with Crippen LogP contribution in [0.25, 0.3) is 0 Å². The number of rotatable bonds is 3. The minimum absolute atomic E-state index is 0.422. The van der Waals surface area contributed by atoms with E-state index in [1.165, 1.54) is 6.26 Å². The molecule has 0 amide bonds. The first kappa shape index (κ1) is 7.02. The highest BCUT2D eigenvalue weighted by molar-refractivity contribution is 9.09. The Hall–Kier alpha value is 0.0200. The second-order valence-corrected chi connectivity index (χ2v) is 2.84. The highest BCUT2D eigenvalue weighted by Crippen LogP contribution is 1.96. The molecule has 1 nitrogen and oxygen atoms in total. The van der Waals surface area contributed by atoms with Crippen molar-refractivity contribution in [3.8, 4) is 0 Å². The van der Waals surface area contributed by atoms with Gasteiger partial charge in [-0.2, -0.15) is 0 Å². The van der Waals surface area contributed by atoms with Gasteiger partial charge in [-0.05, 0) is 6.92 Å². The molecule has 2 heteroatoms. The summed E-state index contributed by atoms with van der Waals surface area (Å²) in [7, 11) is 0. The molecule has 42 valence electrons. The fourth-order valence-electron chi connectivity index (χ4n) is 0.201. The Morgan fingerprint density at radius 2 is 2.57 bits per heavy atom. The smallest absolute Gasteiger partial charge is 0.0995 e. The number of hydrogen-bond donors (Lipinski definition) is 0. The summed E-state index contributed by atoms with van der Waals surface area (Å²) in [6.07, 6.45) is 1.44. The van der Waals surface area contributed by atoms with E-state index < -0.39 is 0 Å². The molecule has 0 aromatic rings. The van der Waals surface area contributed by atoms with E-state index in [2.05, 4.69) is 22.5 Å². The predicted octanol–water partition coefficient (Wildman–Crippen LogP) is 1.93. The zero-order valence-electron chi connectivity index (χ0n) is 4.36. The third-order valence-corrected chi connectivity index (χ3v) is 0.708. The van der Waals surface area contributed by atoms with Crippen molar-refractivity contribution in [2.45, 2.75) is 11.8 Å². The minimum atomic E-state index is 0.422. The van der Waals surface area contributed by atoms with Gasteiger partial charge in [0.25, 0.3) is 0 Å². The third kappa shape index (κ3) is 6.02. The first-order valence-corrected chi connectivity index (χ1v) is 3.05. The molecule has 0 rings (SSSR count). The molecule has 0 aliphatic rings. The maximum absolute atomic E-state index is 4.81. The molecule has 0 N–H and O–H groups in total. The Labute approximate surface area is 52.5 Å². The van der Waals surface area contributed by atoms with Gasteiger partial charge in [-0.1, -0.05) is 22.5 Å². The molecule has 0 aliphatic heterocycles. The summed E-state index contributed by atoms with van der Waals surface area (Å²) in [5.74, 6) is 0. The quantitative estimate of drug-likeness (QED) is 0.458. The summed E-state index contributed by atoms with van der Waals surface area (Å²) in [5.41, 5.74) is 0. The van der Waals surface area contributed by atoms with Crippen LogP contribution < -0.4 is 0 Å². The van der Waals surface area contributed by atoms with Gasteiger partial charge in [-0.25, -0.2) is 0 Å². The molecule has 0 heterocycles. The van der Waals surface area contributed by atoms with Gasteiger partial charge in [0.15, 0.2) is 0 Å². The first-order chi connectivity index (χ1) is 3.27. The molecule has 0 aromatic heterocycles. The van der Waals surface area contributed by atoms with Crippen molar-refractivity contribution >= 4 is 15.9 Å². The van der Waals surface area contributed by atoms with E-state index in [1.54, 1.807) is 0 Å². The predicted molar refractivity (Wildman–Crippen MR) is 34.5 cm³/mol. The van der Waals surface area contributed by atoms with Crippen molar-refractivity contribution in [1.82, 2.24) is 0 Å². The van der Waals surface area contributed by atoms with E-state index in [0.29, 0.717) is 11.4 Å². The van der Waals surface area contributed by atoms with Gasteiger partial charge in [0, 0.05) is 4.83 Å². The average molecular weight is 165 g/mol. The molecule has 7 heavy (non-hydrogen) atoms. The highest BCUT2D eigenvalue weighted by atomic mass is 79.9. The van der Waals surface area contributed by atoms with Crippen LogP contribution in [0.1, 0.15) is 6.92 Å². The number of alkyl halides is 1. The van der Waals surface area contributed by atoms with Crippen LogP contribution in [0.2, 0.25) is 0 Å². The average Bonchev–Trinajstić information content (AvgIpc) is 1.61. The lowest BCUT2D eigenvalue weighted by Crippen LogP contribution is -1.98. The van der Waals surface area contributed by atoms with E-state index in [1.807, 2.05) is 6.92 Å². The van der Waals surface area contributed by atoms with E-state index in [9.17, 15) is 0 Å². The normalized spacial score (nSPS) is 12.9. The molecular formula is C5H9BrO. The maximum atomic E-state index is 4.81. The Balaban J connectivity index is 2.81. The molecule has 1 unspecified atom stereocenters. The van der Waals surface area contributed by atoms with Crippen LogP contribution in [-0.4, -0.2) is 11.4 Å². The molecule has 0 radical (unpaired) electrons. The lowest BCUT2D eigenvalue weighted by Gasteiger charge is -1.99. The van der Waals surface area contributed by atoms with Gasteiger partial charge in [0.1, 0.15) is 0 Å². The molecule has 0 aliphatic carbocycles. The summed E-state index contributed by atoms with van der Waals surface area (Å²) in [5, 5.41) is 0. The van der Waals surface area contributed by atoms with Crippen molar-refractivity contribution in [2.24, 2.45) is 0 Å². The first-order valence-electron chi connectivity index (χ1n) is 2.14. The van der Waals surface area contributed by atoms with Crippen LogP contribution in [0, 0.1) is 0 Å². The maximum Gasteiger partial charge on any atom is 0.0995 e. The fourth-order valence-corrected chi connectivity index (χ4v) is 0.353. The molecule has 1 atom stereocenters. The van der Waals surface area contributed by atoms with Crippen molar-refractivity contribution in [1.29, 1.82) is 0 Å². The lowest BCUT2D eigenvalue weighted by molar-refractivity contribution is 0.257. The number of halogens is 1. The molecule has 0 bridgehead atoms. The summed E-state index contributed by atoms with van der Waals surface area (Å²) in [4.78, 5) is 0.422. The third-order valence-electron chi connectivity index (χ3n) is 0.444. The highest BCUT2D eigenvalue weighted by Gasteiger charge is 1.89. The topological polar surface area (TPSA) is 9.23 Å². The van der Waals surface area contributed by atoms with Gasteiger partial charge in [-0.3, -0.25) is 0 Å². The second-order valence-electron chi connectivity index (χ2n) is 1.28. The standard InChI is InChI=1S/C5H9BrO/c1-3-7-4-5(2)6/h3,5H,1,4H2,2H3. The molecule has 0 saturated heterocycles. The van der Waals surface area contributed by atoms with E-state index in [0.717, 1.165) is 0 Å². The van der Waals surface area contributed by atoms with Crippen LogP contribution in [0.4, 0.5) is 0 Å². The van der Waals surface area contributed by atoms with Gasteiger partial charge in [0.05, 0.1) is 12.9 Å². The van der Waals surface area contributed by atoms with E-state index in [-0.39, 0.29) is 0 Å². The van der Waals surface area contributed by atoms with Crippen LogP contribution in [0.15, 0.2) is 12.8 Å². The van der Waals surface area contributed by atoms with Crippen LogP contribution >= 0.6 is 15.9 Å². The Bertz CT molecular complexity index is 52.0. The largest absolute Gasteiger partial charge is 0.501 e. The van der Waals surface area contributed by atoms with Crippen molar-refractivity contribution < 1.29 is 4.74 Å². The van der Waals surface area contributed by atoms with E-state index >= 15 is 0 Å². The molecule has 0 spiro atoms. The zero-order valence-corrected chi connectivity index (χ0v) is 5.94. The number of hydrogen-bond acceptors (Lipinski definition) is 1. The van der Waals surface area contributed by atoms with Crippen molar-refractivity contribution in [3.63, 3.8) is 0 Å². The van der Waals surface area contributed by atoms with Crippen molar-refractivity contribution in [2.75, 3.05) is 6.61 Å². The van der Waals surface area contributed by atoms with Crippen molar-refractivity contribution in [3.05, 3.63) is 12.8 Å². The monoisotopic (exact) mass is 164 g/mol. The van der Waals surface area contributed by atoms with Gasteiger partial charge in [0.2, 0.25) is 0 Å². The van der Waals surface area contributed by atoms with Gasteiger partial charge >= 0.3 is 0 Å². The summed E-state index contributed by atoms with van der Waals surface area (Å²) >= 11 is 3.30. The summed E-state index contributed by atoms with van der Waals surface area (Å²) in [6.45, 7) is 6.10. The van der Waals surface area contributed by atoms with Crippen LogP contribution in [-0.2, 0) is 4.74 Å². The SMILES string of the molecule is C=COCC(C)Br. The van der Waals surface area contributed by atoms with Gasteiger partial charge in [-0.15, -0.1) is 0 Å². The summed E-state index contributed by atoms with van der Waals surface area (Å²) in [6, 6.07) is 0. The molecule has 0 saturated carbocycles. The lowest BCUT2D eigenvalue weighted by atomic mass is 10.5. The van der Waals surface area contributed by atoms with Gasteiger partial charge < -0.3 is 4.74 Å². The Morgan fingerprint density at radius 1 is 2.00 bits per heavy atom. The summed E-state index contributed by atoms with van der Waals surface area (Å²) < 4.78 is 4.81. The zero-order chi connectivity index (χ0) is 5.70. The molecule has 0 aromatic carbocycles. The second kappa shape index (κ2) is 4.19. The van der Waals surface area contributed by atoms with E-state index in [4.69, 9.17) is 4.74 Å². The fraction of sp³-hybridized carbons (Fsp3) is 0.600. The molecular weight excluding hydrogens is 156 g/mol. The Morgan fingerprint density at radius 3 is 2.71 bits per heavy atom. The molecule has 0 fully saturated rings. The van der Waals surface area contributed by atoms with Crippen LogP contribution in [0.3, 0.4) is 0 Å². The Kier molecular flexibility index (Phi) is 4.20. The number of ether oxygens (including phenoxy) is 1. The minimum Gasteiger partial charge on any atom is -0.501 e. The van der Waals surface area contributed by atoms with Crippen LogP contribution in [0.5, 0.6) is 0 Å².